The average Bonchev–Trinajstić information content (AvgIpc) is 2.29. The van der Waals surface area contributed by atoms with E-state index in [1.54, 1.807) is 0 Å². The molecule has 0 N–H and O–H groups in total. The van der Waals surface area contributed by atoms with Crippen molar-refractivity contribution in [1.82, 2.24) is 0 Å². The third-order valence-corrected chi connectivity index (χ3v) is 2.33. The van der Waals surface area contributed by atoms with Crippen molar-refractivity contribution in [1.29, 1.82) is 0 Å². The van der Waals surface area contributed by atoms with Crippen LogP contribution in [0, 0.1) is 0 Å². The van der Waals surface area contributed by atoms with Gasteiger partial charge in [0.05, 0.1) is 6.61 Å². The van der Waals surface area contributed by atoms with Gasteiger partial charge in [-0.25, -0.2) is 0 Å². The lowest BCUT2D eigenvalue weighted by Gasteiger charge is -2.15. The summed E-state index contributed by atoms with van der Waals surface area (Å²) in [6.45, 7) is 10.3. The molecule has 0 spiro atoms. The first-order valence-electron chi connectivity index (χ1n) is 6.13. The predicted molar refractivity (Wildman–Crippen MR) is 71.3 cm³/mol. The van der Waals surface area contributed by atoms with Crippen LogP contribution in [-0.2, 0) is 11.2 Å². The Labute approximate surface area is 104 Å². The maximum Gasteiger partial charge on any atom is 0.197 e. The van der Waals surface area contributed by atoms with Crippen molar-refractivity contribution >= 4 is 0 Å². The molecule has 0 fully saturated rings. The molecule has 1 aromatic carbocycles. The molecule has 2 heteroatoms. The van der Waals surface area contributed by atoms with Crippen molar-refractivity contribution in [2.45, 2.75) is 39.9 Å². The molecule has 1 atom stereocenters. The molecule has 0 saturated heterocycles. The van der Waals surface area contributed by atoms with Gasteiger partial charge in [-0.1, -0.05) is 37.6 Å². The summed E-state index contributed by atoms with van der Waals surface area (Å²) in [4.78, 5) is 0. The lowest BCUT2D eigenvalue weighted by Crippen LogP contribution is -2.17. The third kappa shape index (κ3) is 5.55. The zero-order chi connectivity index (χ0) is 12.7. The molecular weight excluding hydrogens is 212 g/mol. The van der Waals surface area contributed by atoms with Crippen LogP contribution in [0.25, 0.3) is 0 Å². The molecule has 0 aromatic heterocycles. The molecule has 17 heavy (non-hydrogen) atoms. The lowest BCUT2D eigenvalue weighted by molar-refractivity contribution is -0.0572. The molecule has 0 bridgehead atoms. The number of rotatable bonds is 7. The second-order valence-electron chi connectivity index (χ2n) is 4.35. The predicted octanol–water partition coefficient (Wildman–Crippen LogP) is 3.96. The first-order valence-corrected chi connectivity index (χ1v) is 6.13. The molecule has 0 amide bonds. The van der Waals surface area contributed by atoms with Crippen LogP contribution in [0.1, 0.15) is 32.8 Å². The Morgan fingerprint density at radius 1 is 1.29 bits per heavy atom. The van der Waals surface area contributed by atoms with E-state index < -0.39 is 0 Å². The van der Waals surface area contributed by atoms with Crippen molar-refractivity contribution in [2.75, 3.05) is 6.61 Å². The lowest BCUT2D eigenvalue weighted by atomic mass is 10.1. The van der Waals surface area contributed by atoms with Crippen molar-refractivity contribution in [2.24, 2.45) is 0 Å². The quantitative estimate of drug-likeness (QED) is 0.525. The van der Waals surface area contributed by atoms with Gasteiger partial charge in [0, 0.05) is 0 Å². The zero-order valence-corrected chi connectivity index (χ0v) is 11.0. The molecular formula is C15H22O2. The summed E-state index contributed by atoms with van der Waals surface area (Å²) < 4.78 is 11.1. The summed E-state index contributed by atoms with van der Waals surface area (Å²) in [5.74, 6) is 0.846. The highest BCUT2D eigenvalue weighted by Gasteiger charge is 2.03. The van der Waals surface area contributed by atoms with E-state index in [9.17, 15) is 0 Å². The Morgan fingerprint density at radius 3 is 2.47 bits per heavy atom. The van der Waals surface area contributed by atoms with Gasteiger partial charge < -0.3 is 9.47 Å². The number of ether oxygens (including phenoxy) is 2. The maximum absolute atomic E-state index is 5.63. The Bertz CT molecular complexity index is 340. The van der Waals surface area contributed by atoms with Crippen LogP contribution in [0.2, 0.25) is 0 Å². The van der Waals surface area contributed by atoms with E-state index in [4.69, 9.17) is 9.47 Å². The number of hydrogen-bond acceptors (Lipinski definition) is 2. The maximum atomic E-state index is 5.63. The van der Waals surface area contributed by atoms with E-state index in [-0.39, 0.29) is 6.29 Å². The highest BCUT2D eigenvalue weighted by Crippen LogP contribution is 2.15. The first kappa shape index (κ1) is 13.8. The molecule has 1 rings (SSSR count). The number of hydrogen-bond donors (Lipinski definition) is 0. The Hall–Kier alpha value is -1.28. The van der Waals surface area contributed by atoms with E-state index in [1.807, 2.05) is 26.0 Å². The van der Waals surface area contributed by atoms with E-state index in [2.05, 4.69) is 25.6 Å². The normalized spacial score (nSPS) is 12.2. The highest BCUT2D eigenvalue weighted by molar-refractivity contribution is 5.27. The van der Waals surface area contributed by atoms with Gasteiger partial charge in [-0.2, -0.15) is 0 Å². The fraction of sp³-hybridized carbons (Fsp3) is 0.467. The van der Waals surface area contributed by atoms with Crippen LogP contribution in [0.15, 0.2) is 36.4 Å². The van der Waals surface area contributed by atoms with Gasteiger partial charge in [0.25, 0.3) is 0 Å². The van der Waals surface area contributed by atoms with Crippen molar-refractivity contribution in [3.05, 3.63) is 42.0 Å². The van der Waals surface area contributed by atoms with E-state index in [0.717, 1.165) is 17.7 Å². The van der Waals surface area contributed by atoms with Gasteiger partial charge in [-0.15, -0.1) is 0 Å². The van der Waals surface area contributed by atoms with Crippen LogP contribution in [-0.4, -0.2) is 12.9 Å². The molecule has 0 aliphatic rings. The minimum atomic E-state index is -0.247. The number of aryl methyl sites for hydroxylation is 1. The average molecular weight is 234 g/mol. The number of benzene rings is 1. The summed E-state index contributed by atoms with van der Waals surface area (Å²) in [6, 6.07) is 8.19. The molecule has 0 radical (unpaired) electrons. The highest BCUT2D eigenvalue weighted by atomic mass is 16.7. The fourth-order valence-electron chi connectivity index (χ4n) is 1.51. The van der Waals surface area contributed by atoms with Gasteiger partial charge in [0.1, 0.15) is 5.75 Å². The van der Waals surface area contributed by atoms with Crippen molar-refractivity contribution < 1.29 is 9.47 Å². The van der Waals surface area contributed by atoms with Gasteiger partial charge >= 0.3 is 0 Å². The molecule has 1 aromatic rings. The van der Waals surface area contributed by atoms with Crippen LogP contribution in [0.3, 0.4) is 0 Å². The smallest absolute Gasteiger partial charge is 0.197 e. The van der Waals surface area contributed by atoms with Crippen LogP contribution >= 0.6 is 0 Å². The molecule has 94 valence electrons. The van der Waals surface area contributed by atoms with E-state index in [0.29, 0.717) is 6.61 Å². The minimum absolute atomic E-state index is 0.247. The van der Waals surface area contributed by atoms with E-state index >= 15 is 0 Å². The molecule has 0 aliphatic heterocycles. The molecule has 1 unspecified atom stereocenters. The SMILES string of the molecule is C=C(C)COC(C)Oc1ccc(CCC)cc1. The topological polar surface area (TPSA) is 18.5 Å². The van der Waals surface area contributed by atoms with Crippen molar-refractivity contribution in [3.8, 4) is 5.75 Å². The van der Waals surface area contributed by atoms with E-state index in [1.165, 1.54) is 12.0 Å². The molecule has 0 aliphatic carbocycles. The zero-order valence-electron chi connectivity index (χ0n) is 11.0. The van der Waals surface area contributed by atoms with Crippen LogP contribution in [0.4, 0.5) is 0 Å². The second-order valence-corrected chi connectivity index (χ2v) is 4.35. The minimum Gasteiger partial charge on any atom is -0.465 e. The fourth-order valence-corrected chi connectivity index (χ4v) is 1.51. The van der Waals surface area contributed by atoms with Crippen LogP contribution in [0.5, 0.6) is 5.75 Å². The summed E-state index contributed by atoms with van der Waals surface area (Å²) in [5, 5.41) is 0. The summed E-state index contributed by atoms with van der Waals surface area (Å²) >= 11 is 0. The van der Waals surface area contributed by atoms with Gasteiger partial charge in [-0.05, 0) is 38.0 Å². The summed E-state index contributed by atoms with van der Waals surface area (Å²) in [7, 11) is 0. The molecule has 0 heterocycles. The van der Waals surface area contributed by atoms with Crippen molar-refractivity contribution in [3.63, 3.8) is 0 Å². The summed E-state index contributed by atoms with van der Waals surface area (Å²) in [5.41, 5.74) is 2.34. The largest absolute Gasteiger partial charge is 0.465 e. The summed E-state index contributed by atoms with van der Waals surface area (Å²) in [6.07, 6.45) is 2.03. The Kier molecular flexibility index (Phi) is 5.78. The Balaban J connectivity index is 2.42. The molecule has 0 saturated carbocycles. The monoisotopic (exact) mass is 234 g/mol. The second kappa shape index (κ2) is 7.13. The van der Waals surface area contributed by atoms with Gasteiger partial charge in [-0.3, -0.25) is 0 Å². The Morgan fingerprint density at radius 2 is 1.94 bits per heavy atom. The standard InChI is InChI=1S/C15H22O2/c1-5-6-14-7-9-15(10-8-14)17-13(4)16-11-12(2)3/h7-10,13H,2,5-6,11H2,1,3-4H3. The third-order valence-electron chi connectivity index (χ3n) is 2.33. The van der Waals surface area contributed by atoms with Gasteiger partial charge in [0.2, 0.25) is 0 Å². The van der Waals surface area contributed by atoms with Gasteiger partial charge in [0.15, 0.2) is 6.29 Å². The molecule has 2 nitrogen and oxygen atoms in total. The van der Waals surface area contributed by atoms with Crippen LogP contribution < -0.4 is 4.74 Å². The first-order chi connectivity index (χ1) is 8.11.